The van der Waals surface area contributed by atoms with Crippen molar-refractivity contribution in [2.24, 2.45) is 0 Å². The van der Waals surface area contributed by atoms with E-state index < -0.39 is 26.8 Å². The van der Waals surface area contributed by atoms with Gasteiger partial charge in [-0.25, -0.2) is 13.1 Å². The fraction of sp³-hybridized carbons (Fsp3) is 0.375. The molecule has 2 N–H and O–H groups in total. The number of nitrogens with zero attached hydrogens (tertiary/aromatic N) is 1. The van der Waals surface area contributed by atoms with Crippen molar-refractivity contribution in [1.29, 1.82) is 0 Å². The second kappa shape index (κ2) is 6.25. The Kier molecular flexibility index (Phi) is 4.72. The maximum absolute atomic E-state index is 12.4. The van der Waals surface area contributed by atoms with Gasteiger partial charge in [0, 0.05) is 11.6 Å². The van der Waals surface area contributed by atoms with Crippen molar-refractivity contribution in [1.82, 2.24) is 9.71 Å². The average Bonchev–Trinajstić information content (AvgIpc) is 2.44. The van der Waals surface area contributed by atoms with Crippen LogP contribution < -0.4 is 4.72 Å². The summed E-state index contributed by atoms with van der Waals surface area (Å²) in [7, 11) is -3.69. The second-order valence-electron chi connectivity index (χ2n) is 6.35. The lowest BCUT2D eigenvalue weighted by atomic mass is 10.0. The number of para-hydroxylation sites is 1. The van der Waals surface area contributed by atoms with E-state index in [4.69, 9.17) is 5.11 Å². The fourth-order valence-electron chi connectivity index (χ4n) is 2.04. The third kappa shape index (κ3) is 4.05. The van der Waals surface area contributed by atoms with Crippen LogP contribution in [0.1, 0.15) is 38.8 Å². The zero-order valence-corrected chi connectivity index (χ0v) is 14.1. The van der Waals surface area contributed by atoms with Crippen LogP contribution in [0, 0.1) is 0 Å². The van der Waals surface area contributed by atoms with Crippen molar-refractivity contribution in [3.63, 3.8) is 0 Å². The smallest absolute Gasteiger partial charge is 0.305 e. The molecular weight excluding hydrogens is 316 g/mol. The molecule has 0 spiro atoms. The topological polar surface area (TPSA) is 96.4 Å². The molecule has 2 rings (SSSR count). The van der Waals surface area contributed by atoms with Gasteiger partial charge in [-0.05, 0) is 38.5 Å². The largest absolute Gasteiger partial charge is 0.481 e. The van der Waals surface area contributed by atoms with E-state index in [1.807, 2.05) is 24.3 Å². The Labute approximate surface area is 135 Å². The standard InChI is InChI=1S/C16H20N2O4S/c1-16(2,3)23(21,22)18-14(9-15(19)20)12-8-11-6-4-5-7-13(11)17-10-12/h4-8,10,14,18H,9H2,1-3H3,(H,19,20)/t14-/m0/s1. The lowest BCUT2D eigenvalue weighted by Gasteiger charge is -2.24. The molecule has 6 nitrogen and oxygen atoms in total. The van der Waals surface area contributed by atoms with Gasteiger partial charge in [0.1, 0.15) is 0 Å². The molecule has 1 aromatic heterocycles. The zero-order valence-electron chi connectivity index (χ0n) is 13.3. The molecular formula is C16H20N2O4S. The number of aliphatic carboxylic acids is 1. The summed E-state index contributed by atoms with van der Waals surface area (Å²) in [6, 6.07) is 8.29. The van der Waals surface area contributed by atoms with Crippen LogP contribution >= 0.6 is 0 Å². The molecule has 0 aliphatic carbocycles. The molecule has 2 aromatic rings. The number of hydrogen-bond acceptors (Lipinski definition) is 4. The average molecular weight is 336 g/mol. The molecule has 23 heavy (non-hydrogen) atoms. The van der Waals surface area contributed by atoms with Crippen molar-refractivity contribution < 1.29 is 18.3 Å². The first kappa shape index (κ1) is 17.4. The summed E-state index contributed by atoms with van der Waals surface area (Å²) in [6.07, 6.45) is 1.16. The molecule has 0 amide bonds. The zero-order chi connectivity index (χ0) is 17.3. The van der Waals surface area contributed by atoms with E-state index in [0.29, 0.717) is 5.56 Å². The van der Waals surface area contributed by atoms with Crippen molar-refractivity contribution in [3.8, 4) is 0 Å². The molecule has 0 saturated carbocycles. The van der Waals surface area contributed by atoms with E-state index in [-0.39, 0.29) is 6.42 Å². The number of hydrogen-bond donors (Lipinski definition) is 2. The highest BCUT2D eigenvalue weighted by molar-refractivity contribution is 7.90. The lowest BCUT2D eigenvalue weighted by molar-refractivity contribution is -0.137. The number of fused-ring (bicyclic) bond motifs is 1. The van der Waals surface area contributed by atoms with E-state index >= 15 is 0 Å². The first-order chi connectivity index (χ1) is 10.6. The predicted molar refractivity (Wildman–Crippen MR) is 88.5 cm³/mol. The molecule has 1 heterocycles. The summed E-state index contributed by atoms with van der Waals surface area (Å²) in [4.78, 5) is 15.4. The molecule has 0 unspecified atom stereocenters. The summed E-state index contributed by atoms with van der Waals surface area (Å²) in [5.74, 6) is -1.08. The van der Waals surface area contributed by atoms with Crippen LogP contribution in [0.2, 0.25) is 0 Å². The van der Waals surface area contributed by atoms with Gasteiger partial charge in [0.05, 0.1) is 22.7 Å². The molecule has 124 valence electrons. The molecule has 0 fully saturated rings. The van der Waals surface area contributed by atoms with Gasteiger partial charge in [-0.2, -0.15) is 0 Å². The number of sulfonamides is 1. The summed E-state index contributed by atoms with van der Waals surface area (Å²) in [5, 5.41) is 9.93. The molecule has 0 radical (unpaired) electrons. The highest BCUT2D eigenvalue weighted by Gasteiger charge is 2.32. The van der Waals surface area contributed by atoms with Crippen LogP contribution in [0.5, 0.6) is 0 Å². The van der Waals surface area contributed by atoms with Crippen molar-refractivity contribution in [2.45, 2.75) is 38.0 Å². The van der Waals surface area contributed by atoms with Crippen LogP contribution in [0.25, 0.3) is 10.9 Å². The Morgan fingerprint density at radius 1 is 1.30 bits per heavy atom. The predicted octanol–water partition coefficient (Wildman–Crippen LogP) is 2.47. The first-order valence-corrected chi connectivity index (χ1v) is 8.67. The van der Waals surface area contributed by atoms with Gasteiger partial charge in [0.15, 0.2) is 0 Å². The van der Waals surface area contributed by atoms with Gasteiger partial charge in [0.25, 0.3) is 0 Å². The second-order valence-corrected chi connectivity index (χ2v) is 8.81. The Hall–Kier alpha value is -1.99. The quantitative estimate of drug-likeness (QED) is 0.874. The van der Waals surface area contributed by atoms with Gasteiger partial charge in [-0.1, -0.05) is 18.2 Å². The highest BCUT2D eigenvalue weighted by Crippen LogP contribution is 2.24. The molecule has 1 aromatic carbocycles. The summed E-state index contributed by atoms with van der Waals surface area (Å²) in [6.45, 7) is 4.68. The molecule has 7 heteroatoms. The lowest BCUT2D eigenvalue weighted by Crippen LogP contribution is -2.41. The van der Waals surface area contributed by atoms with Gasteiger partial charge in [-0.3, -0.25) is 9.78 Å². The molecule has 0 saturated heterocycles. The highest BCUT2D eigenvalue weighted by atomic mass is 32.2. The van der Waals surface area contributed by atoms with Gasteiger partial charge in [-0.15, -0.1) is 0 Å². The number of carbonyl (C=O) groups is 1. The van der Waals surface area contributed by atoms with Crippen LogP contribution in [0.15, 0.2) is 36.5 Å². The number of carboxylic acid groups (broad SMARTS) is 1. The number of rotatable bonds is 5. The number of nitrogens with one attached hydrogen (secondary N) is 1. The minimum Gasteiger partial charge on any atom is -0.481 e. The number of benzene rings is 1. The molecule has 0 bridgehead atoms. The van der Waals surface area contributed by atoms with Crippen molar-refractivity contribution >= 4 is 26.9 Å². The fourth-order valence-corrected chi connectivity index (χ4v) is 2.99. The number of pyridine rings is 1. The summed E-state index contributed by atoms with van der Waals surface area (Å²) in [5.41, 5.74) is 1.29. The van der Waals surface area contributed by atoms with Crippen LogP contribution in [-0.4, -0.2) is 29.2 Å². The maximum atomic E-state index is 12.4. The van der Waals surface area contributed by atoms with Crippen molar-refractivity contribution in [2.75, 3.05) is 0 Å². The maximum Gasteiger partial charge on any atom is 0.305 e. The SMILES string of the molecule is CC(C)(C)S(=O)(=O)N[C@@H](CC(=O)O)c1cnc2ccccc2c1. The van der Waals surface area contributed by atoms with E-state index in [0.717, 1.165) is 10.9 Å². The number of aromatic nitrogens is 1. The van der Waals surface area contributed by atoms with Crippen LogP contribution in [0.4, 0.5) is 0 Å². The minimum absolute atomic E-state index is 0.352. The molecule has 1 atom stereocenters. The molecule has 0 aliphatic heterocycles. The third-order valence-electron chi connectivity index (χ3n) is 3.50. The van der Waals surface area contributed by atoms with Crippen molar-refractivity contribution in [3.05, 3.63) is 42.1 Å². The third-order valence-corrected chi connectivity index (χ3v) is 5.70. The minimum atomic E-state index is -3.69. The Morgan fingerprint density at radius 2 is 1.96 bits per heavy atom. The van der Waals surface area contributed by atoms with E-state index in [1.54, 1.807) is 26.8 Å². The monoisotopic (exact) mass is 336 g/mol. The van der Waals surface area contributed by atoms with Gasteiger partial charge < -0.3 is 5.11 Å². The van der Waals surface area contributed by atoms with Gasteiger partial charge in [0.2, 0.25) is 10.0 Å². The normalized spacial score (nSPS) is 13.9. The van der Waals surface area contributed by atoms with Crippen LogP contribution in [0.3, 0.4) is 0 Å². The van der Waals surface area contributed by atoms with Crippen LogP contribution in [-0.2, 0) is 14.8 Å². The number of carboxylic acids is 1. The van der Waals surface area contributed by atoms with E-state index in [9.17, 15) is 13.2 Å². The summed E-state index contributed by atoms with van der Waals surface area (Å²) >= 11 is 0. The van der Waals surface area contributed by atoms with E-state index in [1.165, 1.54) is 6.20 Å². The Bertz CT molecular complexity index is 825. The Morgan fingerprint density at radius 3 is 2.57 bits per heavy atom. The van der Waals surface area contributed by atoms with E-state index in [2.05, 4.69) is 9.71 Å². The summed E-state index contributed by atoms with van der Waals surface area (Å²) < 4.78 is 26.2. The molecule has 0 aliphatic rings. The Balaban J connectivity index is 2.43. The first-order valence-electron chi connectivity index (χ1n) is 7.18. The van der Waals surface area contributed by atoms with Gasteiger partial charge >= 0.3 is 5.97 Å².